The number of primary amides is 1. The summed E-state index contributed by atoms with van der Waals surface area (Å²) in [6, 6.07) is 11.9. The molecule has 4 N–H and O–H groups in total. The first-order valence-corrected chi connectivity index (χ1v) is 10.7. The van der Waals surface area contributed by atoms with Gasteiger partial charge in [0.15, 0.2) is 5.96 Å². The van der Waals surface area contributed by atoms with Crippen molar-refractivity contribution in [3.8, 4) is 5.75 Å². The molecular weight excluding hydrogens is 519 g/mol. The number of aliphatic imine (C=N–C) groups is 1. The number of halogens is 1. The number of nitrogens with one attached hydrogen (secondary N) is 2. The summed E-state index contributed by atoms with van der Waals surface area (Å²) >= 11 is 0. The van der Waals surface area contributed by atoms with Gasteiger partial charge in [0.2, 0.25) is 5.91 Å². The number of carbonyl (C=O) groups excluding carboxylic acids is 1. The van der Waals surface area contributed by atoms with Gasteiger partial charge in [-0.2, -0.15) is 0 Å². The van der Waals surface area contributed by atoms with E-state index in [1.807, 2.05) is 37.3 Å². The topological polar surface area (TPSA) is 105 Å². The summed E-state index contributed by atoms with van der Waals surface area (Å²) < 4.78 is 5.29. The number of carbonyl (C=O) groups is 1. The number of benzene rings is 1. The Kier molecular flexibility index (Phi) is 10.5. The van der Waals surface area contributed by atoms with E-state index in [1.54, 1.807) is 13.3 Å². The second-order valence-electron chi connectivity index (χ2n) is 7.55. The third-order valence-electron chi connectivity index (χ3n) is 5.41. The van der Waals surface area contributed by atoms with Crippen molar-refractivity contribution in [2.45, 2.75) is 32.9 Å². The van der Waals surface area contributed by atoms with Gasteiger partial charge in [-0.05, 0) is 43.5 Å². The minimum atomic E-state index is -0.204. The predicted molar refractivity (Wildman–Crippen MR) is 138 cm³/mol. The Morgan fingerprint density at radius 1 is 1.25 bits per heavy atom. The minimum absolute atomic E-state index is 0. The molecule has 174 valence electrons. The van der Waals surface area contributed by atoms with Gasteiger partial charge in [-0.3, -0.25) is 4.79 Å². The van der Waals surface area contributed by atoms with Crippen molar-refractivity contribution in [3.63, 3.8) is 0 Å². The summed E-state index contributed by atoms with van der Waals surface area (Å²) in [7, 11) is 1.66. The van der Waals surface area contributed by atoms with Crippen molar-refractivity contribution in [1.29, 1.82) is 0 Å². The van der Waals surface area contributed by atoms with E-state index in [2.05, 4.69) is 26.6 Å². The first-order chi connectivity index (χ1) is 15.1. The van der Waals surface area contributed by atoms with Crippen molar-refractivity contribution >= 4 is 41.7 Å². The molecule has 0 aliphatic carbocycles. The second kappa shape index (κ2) is 13.1. The van der Waals surface area contributed by atoms with Crippen molar-refractivity contribution in [3.05, 3.63) is 53.7 Å². The average Bonchev–Trinajstić information content (AvgIpc) is 2.81. The summed E-state index contributed by atoms with van der Waals surface area (Å²) in [5.41, 5.74) is 7.64. The molecule has 1 aromatic carbocycles. The van der Waals surface area contributed by atoms with Crippen LogP contribution >= 0.6 is 24.0 Å². The molecule has 0 unspecified atom stereocenters. The molecule has 1 aliphatic rings. The molecule has 9 heteroatoms. The maximum atomic E-state index is 11.5. The van der Waals surface area contributed by atoms with Crippen molar-refractivity contribution in [2.75, 3.05) is 31.6 Å². The highest BCUT2D eigenvalue weighted by Crippen LogP contribution is 2.24. The molecule has 0 saturated carbocycles. The minimum Gasteiger partial charge on any atom is -0.497 e. The van der Waals surface area contributed by atoms with Crippen LogP contribution in [0.25, 0.3) is 0 Å². The number of amides is 1. The number of rotatable bonds is 8. The molecule has 1 amide bonds. The standard InChI is InChI=1S/C23H32N6O2.HI/c1-3-25-23(27-15-17-6-4-8-20(14-17)31-2)28-16-19-7-5-11-26-22(19)29-12-9-18(10-13-29)21(24)30;/h4-8,11,14,18H,3,9-10,12-13,15-16H2,1-2H3,(H2,24,30)(H2,25,27,28);1H. The first-order valence-electron chi connectivity index (χ1n) is 10.7. The number of ether oxygens (including phenoxy) is 1. The Bertz CT molecular complexity index is 900. The fraction of sp³-hybridized carbons (Fsp3) is 0.435. The Balaban J connectivity index is 0.00000363. The molecule has 1 aliphatic heterocycles. The Labute approximate surface area is 207 Å². The SMILES string of the molecule is CCNC(=NCc1cccc(OC)c1)NCc1cccnc1N1CCC(C(N)=O)CC1.I. The molecule has 8 nitrogen and oxygen atoms in total. The van der Waals surface area contributed by atoms with Crippen LogP contribution in [0.2, 0.25) is 0 Å². The highest BCUT2D eigenvalue weighted by Gasteiger charge is 2.24. The number of nitrogens with two attached hydrogens (primary N) is 1. The van der Waals surface area contributed by atoms with Gasteiger partial charge < -0.3 is 26.0 Å². The Morgan fingerprint density at radius 2 is 2.03 bits per heavy atom. The van der Waals surface area contributed by atoms with Crippen LogP contribution in [0.1, 0.15) is 30.9 Å². The van der Waals surface area contributed by atoms with Gasteiger partial charge in [0.1, 0.15) is 11.6 Å². The molecule has 32 heavy (non-hydrogen) atoms. The highest BCUT2D eigenvalue weighted by atomic mass is 127. The number of methoxy groups -OCH3 is 1. The average molecular weight is 552 g/mol. The van der Waals surface area contributed by atoms with Gasteiger partial charge in [0, 0.05) is 43.9 Å². The molecule has 2 heterocycles. The molecule has 1 fully saturated rings. The van der Waals surface area contributed by atoms with E-state index in [-0.39, 0.29) is 35.8 Å². The van der Waals surface area contributed by atoms with Gasteiger partial charge in [0.25, 0.3) is 0 Å². The fourth-order valence-electron chi connectivity index (χ4n) is 3.69. The van der Waals surface area contributed by atoms with E-state index in [4.69, 9.17) is 15.5 Å². The smallest absolute Gasteiger partial charge is 0.220 e. The molecule has 0 atom stereocenters. The molecular formula is C23H33IN6O2. The van der Waals surface area contributed by atoms with E-state index in [0.717, 1.165) is 61.1 Å². The number of piperidine rings is 1. The third-order valence-corrected chi connectivity index (χ3v) is 5.41. The Hall–Kier alpha value is -2.56. The van der Waals surface area contributed by atoms with Crippen LogP contribution in [0.4, 0.5) is 5.82 Å². The van der Waals surface area contributed by atoms with Crippen LogP contribution in [0.15, 0.2) is 47.6 Å². The molecule has 2 aromatic rings. The summed E-state index contributed by atoms with van der Waals surface area (Å²) in [5.74, 6) is 2.27. The van der Waals surface area contributed by atoms with Crippen LogP contribution in [-0.4, -0.2) is 43.6 Å². The number of aromatic nitrogens is 1. The van der Waals surface area contributed by atoms with E-state index >= 15 is 0 Å². The van der Waals surface area contributed by atoms with Crippen LogP contribution < -0.4 is 26.0 Å². The lowest BCUT2D eigenvalue weighted by Gasteiger charge is -2.32. The molecule has 0 spiro atoms. The number of guanidine groups is 1. The van der Waals surface area contributed by atoms with Crippen LogP contribution in [-0.2, 0) is 17.9 Å². The number of hydrogen-bond donors (Lipinski definition) is 3. The second-order valence-corrected chi connectivity index (χ2v) is 7.55. The van der Waals surface area contributed by atoms with E-state index in [0.29, 0.717) is 13.1 Å². The van der Waals surface area contributed by atoms with Gasteiger partial charge >= 0.3 is 0 Å². The molecule has 1 saturated heterocycles. The first kappa shape index (κ1) is 25.7. The summed E-state index contributed by atoms with van der Waals surface area (Å²) in [6.45, 7) is 5.52. The van der Waals surface area contributed by atoms with Crippen LogP contribution in [0.5, 0.6) is 5.75 Å². The Morgan fingerprint density at radius 3 is 2.72 bits per heavy atom. The normalized spacial score (nSPS) is 14.4. The predicted octanol–water partition coefficient (Wildman–Crippen LogP) is 2.67. The zero-order chi connectivity index (χ0) is 22.1. The zero-order valence-corrected chi connectivity index (χ0v) is 21.0. The molecule has 0 radical (unpaired) electrons. The van der Waals surface area contributed by atoms with Crippen molar-refractivity contribution in [1.82, 2.24) is 15.6 Å². The van der Waals surface area contributed by atoms with E-state index < -0.39 is 0 Å². The number of anilines is 1. The summed E-state index contributed by atoms with van der Waals surface area (Å²) in [5, 5.41) is 6.70. The largest absolute Gasteiger partial charge is 0.497 e. The number of hydrogen-bond acceptors (Lipinski definition) is 5. The number of nitrogens with zero attached hydrogens (tertiary/aromatic N) is 3. The van der Waals surface area contributed by atoms with Gasteiger partial charge in [-0.15, -0.1) is 24.0 Å². The van der Waals surface area contributed by atoms with E-state index in [1.165, 1.54) is 0 Å². The van der Waals surface area contributed by atoms with Gasteiger partial charge in [-0.1, -0.05) is 18.2 Å². The lowest BCUT2D eigenvalue weighted by Crippen LogP contribution is -2.40. The maximum Gasteiger partial charge on any atom is 0.220 e. The molecule has 0 bridgehead atoms. The van der Waals surface area contributed by atoms with Crippen LogP contribution in [0.3, 0.4) is 0 Å². The summed E-state index contributed by atoms with van der Waals surface area (Å²) in [6.07, 6.45) is 3.34. The lowest BCUT2D eigenvalue weighted by atomic mass is 9.96. The quantitative estimate of drug-likeness (QED) is 0.264. The molecule has 3 rings (SSSR count). The number of pyridine rings is 1. The maximum absolute atomic E-state index is 11.5. The van der Waals surface area contributed by atoms with Crippen LogP contribution in [0, 0.1) is 5.92 Å². The van der Waals surface area contributed by atoms with Gasteiger partial charge in [0.05, 0.1) is 13.7 Å². The summed E-state index contributed by atoms with van der Waals surface area (Å²) in [4.78, 5) is 23.0. The highest BCUT2D eigenvalue weighted by molar-refractivity contribution is 14.0. The molecule has 1 aromatic heterocycles. The zero-order valence-electron chi connectivity index (χ0n) is 18.7. The van der Waals surface area contributed by atoms with Crippen molar-refractivity contribution in [2.24, 2.45) is 16.6 Å². The third kappa shape index (κ3) is 7.25. The monoisotopic (exact) mass is 552 g/mol. The lowest BCUT2D eigenvalue weighted by molar-refractivity contribution is -0.122. The fourth-order valence-corrected chi connectivity index (χ4v) is 3.69. The van der Waals surface area contributed by atoms with Gasteiger partial charge in [-0.25, -0.2) is 9.98 Å². The van der Waals surface area contributed by atoms with Crippen molar-refractivity contribution < 1.29 is 9.53 Å². The van der Waals surface area contributed by atoms with E-state index in [9.17, 15) is 4.79 Å².